The molecule has 0 aliphatic carbocycles. The van der Waals surface area contributed by atoms with Gasteiger partial charge in [0.15, 0.2) is 17.4 Å². The summed E-state index contributed by atoms with van der Waals surface area (Å²) in [6, 6.07) is 4.80. The number of ether oxygens (including phenoxy) is 1. The van der Waals surface area contributed by atoms with Crippen LogP contribution in [-0.4, -0.2) is 35.5 Å². The SMILES string of the molecule is COC(=O)c1ccc(C)cc1O.[AlH3]. The van der Waals surface area contributed by atoms with E-state index in [1.165, 1.54) is 19.2 Å². The summed E-state index contributed by atoms with van der Waals surface area (Å²) in [5.41, 5.74) is 1.10. The smallest absolute Gasteiger partial charge is 0.341 e. The van der Waals surface area contributed by atoms with E-state index in [1.54, 1.807) is 6.07 Å². The van der Waals surface area contributed by atoms with Crippen molar-refractivity contribution in [1.82, 2.24) is 0 Å². The minimum absolute atomic E-state index is 0. The minimum atomic E-state index is -0.521. The number of carbonyl (C=O) groups excluding carboxylic acids is 1. The van der Waals surface area contributed by atoms with Crippen LogP contribution in [-0.2, 0) is 4.74 Å². The van der Waals surface area contributed by atoms with Crippen molar-refractivity contribution in [2.45, 2.75) is 6.92 Å². The van der Waals surface area contributed by atoms with Gasteiger partial charge in [-0.05, 0) is 24.6 Å². The zero-order valence-corrected chi connectivity index (χ0v) is 7.00. The number of phenolic OH excluding ortho intramolecular Hbond substituents is 1. The maximum absolute atomic E-state index is 11.0. The topological polar surface area (TPSA) is 46.5 Å². The number of methoxy groups -OCH3 is 1. The van der Waals surface area contributed by atoms with E-state index in [9.17, 15) is 9.90 Å². The molecule has 0 saturated carbocycles. The normalized spacial score (nSPS) is 8.77. The third kappa shape index (κ3) is 2.76. The van der Waals surface area contributed by atoms with Crippen molar-refractivity contribution in [3.63, 3.8) is 0 Å². The van der Waals surface area contributed by atoms with Crippen molar-refractivity contribution in [3.05, 3.63) is 29.3 Å². The molecule has 0 bridgehead atoms. The summed E-state index contributed by atoms with van der Waals surface area (Å²) >= 11 is 0. The first-order chi connectivity index (χ1) is 5.65. The minimum Gasteiger partial charge on any atom is -0.507 e. The maximum atomic E-state index is 11.0. The lowest BCUT2D eigenvalue weighted by atomic mass is 10.1. The Balaban J connectivity index is 0.00000144. The highest BCUT2D eigenvalue weighted by Gasteiger charge is 2.09. The Bertz CT molecular complexity index is 310. The molecule has 0 fully saturated rings. The Kier molecular flexibility index (Phi) is 4.54. The van der Waals surface area contributed by atoms with Crippen LogP contribution in [0.1, 0.15) is 15.9 Å². The summed E-state index contributed by atoms with van der Waals surface area (Å²) in [4.78, 5) is 11.0. The Morgan fingerprint density at radius 1 is 1.46 bits per heavy atom. The summed E-state index contributed by atoms with van der Waals surface area (Å²) < 4.78 is 4.46. The van der Waals surface area contributed by atoms with Gasteiger partial charge in [0, 0.05) is 0 Å². The Morgan fingerprint density at radius 3 is 2.54 bits per heavy atom. The standard InChI is InChI=1S/C9H10O3.Al.3H/c1-6-3-4-7(8(10)5-6)9(11)12-2;;;;/h3-5,10H,1-2H3;;;;. The number of phenols is 1. The first-order valence-corrected chi connectivity index (χ1v) is 3.53. The molecule has 1 aromatic rings. The zero-order valence-electron chi connectivity index (χ0n) is 7.00. The lowest BCUT2D eigenvalue weighted by molar-refractivity contribution is 0.0597. The van der Waals surface area contributed by atoms with Crippen molar-refractivity contribution in [1.29, 1.82) is 0 Å². The summed E-state index contributed by atoms with van der Waals surface area (Å²) in [6.45, 7) is 1.83. The lowest BCUT2D eigenvalue weighted by Gasteiger charge is -2.02. The molecule has 0 aliphatic rings. The van der Waals surface area contributed by atoms with Crippen molar-refractivity contribution in [2.75, 3.05) is 7.11 Å². The average Bonchev–Trinajstić information content (AvgIpc) is 2.03. The molecule has 0 aliphatic heterocycles. The number of aromatic hydroxyl groups is 1. The molecular formula is C9H13AlO3. The third-order valence-corrected chi connectivity index (χ3v) is 1.56. The number of benzene rings is 1. The molecule has 0 saturated heterocycles. The zero-order chi connectivity index (χ0) is 9.14. The van der Waals surface area contributed by atoms with Crippen molar-refractivity contribution in [2.24, 2.45) is 0 Å². The van der Waals surface area contributed by atoms with Gasteiger partial charge in [-0.1, -0.05) is 6.07 Å². The second-order valence-electron chi connectivity index (χ2n) is 2.51. The van der Waals surface area contributed by atoms with Crippen LogP contribution in [0.15, 0.2) is 18.2 Å². The molecule has 0 atom stereocenters. The quantitative estimate of drug-likeness (QED) is 0.519. The second kappa shape index (κ2) is 4.91. The van der Waals surface area contributed by atoms with Crippen molar-refractivity contribution < 1.29 is 14.6 Å². The molecule has 0 unspecified atom stereocenters. The van der Waals surface area contributed by atoms with E-state index in [4.69, 9.17) is 0 Å². The molecule has 0 heterocycles. The van der Waals surface area contributed by atoms with E-state index in [-0.39, 0.29) is 28.7 Å². The molecule has 0 aromatic heterocycles. The van der Waals surface area contributed by atoms with Crippen LogP contribution >= 0.6 is 0 Å². The molecule has 1 aromatic carbocycles. The molecule has 3 nitrogen and oxygen atoms in total. The summed E-state index contributed by atoms with van der Waals surface area (Å²) in [7, 11) is 1.28. The van der Waals surface area contributed by atoms with Gasteiger partial charge in [-0.3, -0.25) is 0 Å². The van der Waals surface area contributed by atoms with Gasteiger partial charge in [-0.25, -0.2) is 4.79 Å². The third-order valence-electron chi connectivity index (χ3n) is 1.56. The fourth-order valence-corrected chi connectivity index (χ4v) is 0.924. The predicted molar refractivity (Wildman–Crippen MR) is 54.1 cm³/mol. The van der Waals surface area contributed by atoms with E-state index < -0.39 is 5.97 Å². The van der Waals surface area contributed by atoms with Gasteiger partial charge in [0.05, 0.1) is 7.11 Å². The average molecular weight is 196 g/mol. The number of aryl methyl sites for hydroxylation is 1. The second-order valence-corrected chi connectivity index (χ2v) is 2.51. The van der Waals surface area contributed by atoms with Crippen molar-refractivity contribution in [3.8, 4) is 5.75 Å². The number of hydrogen-bond acceptors (Lipinski definition) is 3. The van der Waals surface area contributed by atoms with Crippen LogP contribution in [0.5, 0.6) is 5.75 Å². The van der Waals surface area contributed by atoms with Gasteiger partial charge in [0.2, 0.25) is 0 Å². The summed E-state index contributed by atoms with van der Waals surface area (Å²) in [5, 5.41) is 9.29. The fraction of sp³-hybridized carbons (Fsp3) is 0.222. The summed E-state index contributed by atoms with van der Waals surface area (Å²) in [6.07, 6.45) is 0. The number of esters is 1. The first kappa shape index (κ1) is 12.0. The van der Waals surface area contributed by atoms with Gasteiger partial charge in [0.1, 0.15) is 11.3 Å². The fourth-order valence-electron chi connectivity index (χ4n) is 0.924. The van der Waals surface area contributed by atoms with Crippen LogP contribution in [0.2, 0.25) is 0 Å². The predicted octanol–water partition coefficient (Wildman–Crippen LogP) is 0.303. The molecule has 13 heavy (non-hydrogen) atoms. The monoisotopic (exact) mass is 196 g/mol. The molecule has 0 amide bonds. The Labute approximate surface area is 87.5 Å². The van der Waals surface area contributed by atoms with Crippen molar-refractivity contribution >= 4 is 23.3 Å². The van der Waals surface area contributed by atoms with Gasteiger partial charge in [-0.15, -0.1) is 0 Å². The van der Waals surface area contributed by atoms with E-state index in [0.29, 0.717) is 0 Å². The first-order valence-electron chi connectivity index (χ1n) is 3.53. The molecule has 70 valence electrons. The van der Waals surface area contributed by atoms with Crippen LogP contribution < -0.4 is 0 Å². The summed E-state index contributed by atoms with van der Waals surface area (Å²) in [5.74, 6) is -0.561. The highest BCUT2D eigenvalue weighted by Crippen LogP contribution is 2.18. The molecule has 1 N–H and O–H groups in total. The van der Waals surface area contributed by atoms with Gasteiger partial charge in [-0.2, -0.15) is 0 Å². The molecule has 4 heteroatoms. The van der Waals surface area contributed by atoms with E-state index in [0.717, 1.165) is 5.56 Å². The van der Waals surface area contributed by atoms with Crippen LogP contribution in [0.3, 0.4) is 0 Å². The lowest BCUT2D eigenvalue weighted by Crippen LogP contribution is -2.01. The Morgan fingerprint density at radius 2 is 2.08 bits per heavy atom. The number of hydrogen-bond donors (Lipinski definition) is 1. The van der Waals surface area contributed by atoms with Crippen LogP contribution in [0.4, 0.5) is 0 Å². The maximum Gasteiger partial charge on any atom is 0.341 e. The molecular weight excluding hydrogens is 183 g/mol. The van der Waals surface area contributed by atoms with E-state index in [2.05, 4.69) is 4.74 Å². The van der Waals surface area contributed by atoms with Gasteiger partial charge >= 0.3 is 5.97 Å². The number of carbonyl (C=O) groups is 1. The molecule has 0 spiro atoms. The highest BCUT2D eigenvalue weighted by molar-refractivity contribution is 5.92. The molecule has 0 radical (unpaired) electrons. The van der Waals surface area contributed by atoms with E-state index in [1.807, 2.05) is 6.92 Å². The van der Waals surface area contributed by atoms with E-state index >= 15 is 0 Å². The largest absolute Gasteiger partial charge is 0.507 e. The highest BCUT2D eigenvalue weighted by atomic mass is 27.0. The molecule has 1 rings (SSSR count). The number of rotatable bonds is 1. The van der Waals surface area contributed by atoms with Crippen LogP contribution in [0.25, 0.3) is 0 Å². The Hall–Kier alpha value is -0.978. The van der Waals surface area contributed by atoms with Gasteiger partial charge in [0.25, 0.3) is 0 Å². The van der Waals surface area contributed by atoms with Gasteiger partial charge < -0.3 is 9.84 Å². The van der Waals surface area contributed by atoms with Crippen LogP contribution in [0, 0.1) is 6.92 Å².